The average molecular weight is 258 g/mol. The Kier molecular flexibility index (Phi) is 4.72. The largest absolute Gasteiger partial charge is 0.394 e. The molecule has 0 radical (unpaired) electrons. The van der Waals surface area contributed by atoms with E-state index in [0.29, 0.717) is 10.8 Å². The second kappa shape index (κ2) is 5.84. The Morgan fingerprint density at radius 1 is 1.71 bits per heavy atom. The number of hydrogen-bond acceptors (Lipinski definition) is 3. The number of nitrogens with zero attached hydrogens (tertiary/aromatic N) is 2. The molecule has 2 N–H and O–H groups in total. The van der Waals surface area contributed by atoms with Crippen molar-refractivity contribution in [1.82, 2.24) is 9.88 Å². The smallest absolute Gasteiger partial charge is 0.321 e. The molecule has 0 aliphatic heterocycles. The van der Waals surface area contributed by atoms with Gasteiger partial charge in [0.25, 0.3) is 0 Å². The first-order chi connectivity index (χ1) is 7.95. The van der Waals surface area contributed by atoms with Gasteiger partial charge in [0.1, 0.15) is 5.15 Å². The number of pyridine rings is 1. The molecule has 0 spiro atoms. The number of nitrogens with one attached hydrogen (secondary N) is 1. The molecule has 0 aliphatic carbocycles. The van der Waals surface area contributed by atoms with Crippen molar-refractivity contribution in [3.63, 3.8) is 0 Å². The molecule has 5 nitrogen and oxygen atoms in total. The summed E-state index contributed by atoms with van der Waals surface area (Å²) in [6.45, 7) is 3.51. The number of aromatic nitrogens is 1. The summed E-state index contributed by atoms with van der Waals surface area (Å²) in [5, 5.41) is 12.1. The number of aryl methyl sites for hydroxylation is 1. The van der Waals surface area contributed by atoms with E-state index in [0.717, 1.165) is 5.56 Å². The number of carbonyl (C=O) groups is 1. The molecule has 0 aromatic carbocycles. The summed E-state index contributed by atoms with van der Waals surface area (Å²) in [5.74, 6) is 0. The SMILES string of the molecule is Cc1cc(Cl)ncc1NC(=O)N(C)C(C)CO. The van der Waals surface area contributed by atoms with E-state index >= 15 is 0 Å². The van der Waals surface area contributed by atoms with Crippen LogP contribution in [0.2, 0.25) is 5.15 Å². The number of aliphatic hydroxyl groups excluding tert-OH is 1. The van der Waals surface area contributed by atoms with Crippen molar-refractivity contribution in [3.05, 3.63) is 23.0 Å². The molecule has 0 aliphatic rings. The van der Waals surface area contributed by atoms with Gasteiger partial charge < -0.3 is 15.3 Å². The minimum atomic E-state index is -0.293. The summed E-state index contributed by atoms with van der Waals surface area (Å²) < 4.78 is 0. The van der Waals surface area contributed by atoms with E-state index in [1.54, 1.807) is 20.0 Å². The number of amides is 2. The Morgan fingerprint density at radius 3 is 2.88 bits per heavy atom. The number of carbonyl (C=O) groups excluding carboxylic acids is 1. The molecule has 1 heterocycles. The van der Waals surface area contributed by atoms with Crippen molar-refractivity contribution in [2.45, 2.75) is 19.9 Å². The Labute approximate surface area is 105 Å². The first kappa shape index (κ1) is 13.7. The number of anilines is 1. The van der Waals surface area contributed by atoms with E-state index in [-0.39, 0.29) is 18.7 Å². The van der Waals surface area contributed by atoms with Crippen molar-refractivity contribution in [2.24, 2.45) is 0 Å². The lowest BCUT2D eigenvalue weighted by molar-refractivity contribution is 0.166. The van der Waals surface area contributed by atoms with Crippen LogP contribution in [0, 0.1) is 6.92 Å². The quantitative estimate of drug-likeness (QED) is 0.813. The maximum atomic E-state index is 11.8. The molecular weight excluding hydrogens is 242 g/mol. The van der Waals surface area contributed by atoms with Crippen LogP contribution < -0.4 is 5.32 Å². The van der Waals surface area contributed by atoms with Crippen molar-refractivity contribution < 1.29 is 9.90 Å². The van der Waals surface area contributed by atoms with Crippen LogP contribution in [0.5, 0.6) is 0 Å². The molecule has 0 saturated carbocycles. The predicted octanol–water partition coefficient (Wildman–Crippen LogP) is 1.89. The van der Waals surface area contributed by atoms with Crippen LogP contribution in [0.15, 0.2) is 12.3 Å². The minimum absolute atomic E-state index is 0.0816. The lowest BCUT2D eigenvalue weighted by Gasteiger charge is -2.23. The van der Waals surface area contributed by atoms with Crippen LogP contribution in [-0.4, -0.2) is 40.7 Å². The van der Waals surface area contributed by atoms with Crippen molar-refractivity contribution >= 4 is 23.3 Å². The van der Waals surface area contributed by atoms with Crippen molar-refractivity contribution in [2.75, 3.05) is 19.0 Å². The molecule has 1 atom stereocenters. The Hall–Kier alpha value is -1.33. The molecule has 1 aromatic rings. The standard InChI is InChI=1S/C11H16ClN3O2/c1-7-4-10(12)13-5-9(7)14-11(17)15(3)8(2)6-16/h4-5,8,16H,6H2,1-3H3,(H,14,17). The highest BCUT2D eigenvalue weighted by atomic mass is 35.5. The summed E-state index contributed by atoms with van der Waals surface area (Å²) >= 11 is 5.72. The third-order valence-corrected chi connectivity index (χ3v) is 2.77. The monoisotopic (exact) mass is 257 g/mol. The first-order valence-electron chi connectivity index (χ1n) is 5.22. The Balaban J connectivity index is 2.74. The minimum Gasteiger partial charge on any atom is -0.394 e. The lowest BCUT2D eigenvalue weighted by atomic mass is 10.2. The fourth-order valence-corrected chi connectivity index (χ4v) is 1.39. The van der Waals surface area contributed by atoms with Gasteiger partial charge >= 0.3 is 6.03 Å². The summed E-state index contributed by atoms with van der Waals surface area (Å²) in [7, 11) is 1.62. The normalized spacial score (nSPS) is 12.1. The molecule has 17 heavy (non-hydrogen) atoms. The van der Waals surface area contributed by atoms with E-state index in [1.165, 1.54) is 11.1 Å². The fraction of sp³-hybridized carbons (Fsp3) is 0.455. The van der Waals surface area contributed by atoms with Gasteiger partial charge in [-0.05, 0) is 25.5 Å². The van der Waals surface area contributed by atoms with E-state index in [2.05, 4.69) is 10.3 Å². The zero-order chi connectivity index (χ0) is 13.0. The topological polar surface area (TPSA) is 65.5 Å². The van der Waals surface area contributed by atoms with Crippen LogP contribution in [0.3, 0.4) is 0 Å². The molecule has 1 unspecified atom stereocenters. The third kappa shape index (κ3) is 3.57. The van der Waals surface area contributed by atoms with Gasteiger partial charge in [-0.25, -0.2) is 9.78 Å². The Morgan fingerprint density at radius 2 is 2.35 bits per heavy atom. The molecular formula is C11H16ClN3O2. The second-order valence-corrected chi connectivity index (χ2v) is 4.28. The number of hydrogen-bond donors (Lipinski definition) is 2. The zero-order valence-electron chi connectivity index (χ0n) is 10.1. The molecule has 0 bridgehead atoms. The number of aliphatic hydroxyl groups is 1. The highest BCUT2D eigenvalue weighted by Crippen LogP contribution is 2.17. The molecule has 1 aromatic heterocycles. The predicted molar refractivity (Wildman–Crippen MR) is 67.3 cm³/mol. The average Bonchev–Trinajstić information content (AvgIpc) is 2.30. The van der Waals surface area contributed by atoms with Gasteiger partial charge in [-0.3, -0.25) is 0 Å². The van der Waals surface area contributed by atoms with Gasteiger partial charge in [-0.15, -0.1) is 0 Å². The molecule has 0 saturated heterocycles. The van der Waals surface area contributed by atoms with Gasteiger partial charge in [0.15, 0.2) is 0 Å². The van der Waals surface area contributed by atoms with Gasteiger partial charge in [0, 0.05) is 7.05 Å². The lowest BCUT2D eigenvalue weighted by Crippen LogP contribution is -2.40. The van der Waals surface area contributed by atoms with E-state index < -0.39 is 0 Å². The third-order valence-electron chi connectivity index (χ3n) is 2.56. The summed E-state index contributed by atoms with van der Waals surface area (Å²) in [4.78, 5) is 17.1. The molecule has 1 rings (SSSR count). The van der Waals surface area contributed by atoms with Crippen LogP contribution in [0.4, 0.5) is 10.5 Å². The van der Waals surface area contributed by atoms with Gasteiger partial charge in [0.05, 0.1) is 24.5 Å². The number of halogens is 1. The van der Waals surface area contributed by atoms with Crippen LogP contribution in [0.25, 0.3) is 0 Å². The number of likely N-dealkylation sites (N-methyl/N-ethyl adjacent to an activating group) is 1. The summed E-state index contributed by atoms with van der Waals surface area (Å²) in [5.41, 5.74) is 1.44. The van der Waals surface area contributed by atoms with E-state index in [1.807, 2.05) is 6.92 Å². The van der Waals surface area contributed by atoms with Gasteiger partial charge in [-0.2, -0.15) is 0 Å². The van der Waals surface area contributed by atoms with Crippen LogP contribution in [0.1, 0.15) is 12.5 Å². The maximum Gasteiger partial charge on any atom is 0.321 e. The number of urea groups is 1. The van der Waals surface area contributed by atoms with E-state index in [9.17, 15) is 4.79 Å². The summed E-state index contributed by atoms with van der Waals surface area (Å²) in [6.07, 6.45) is 1.51. The maximum absolute atomic E-state index is 11.8. The van der Waals surface area contributed by atoms with Crippen LogP contribution in [-0.2, 0) is 0 Å². The molecule has 0 fully saturated rings. The molecule has 2 amide bonds. The molecule has 6 heteroatoms. The van der Waals surface area contributed by atoms with E-state index in [4.69, 9.17) is 16.7 Å². The van der Waals surface area contributed by atoms with Crippen molar-refractivity contribution in [3.8, 4) is 0 Å². The Bertz CT molecular complexity index is 412. The van der Waals surface area contributed by atoms with Gasteiger partial charge in [0.2, 0.25) is 0 Å². The van der Waals surface area contributed by atoms with Crippen molar-refractivity contribution in [1.29, 1.82) is 0 Å². The fourth-order valence-electron chi connectivity index (χ4n) is 1.18. The van der Waals surface area contributed by atoms with Gasteiger partial charge in [-0.1, -0.05) is 11.6 Å². The molecule has 94 valence electrons. The number of rotatable bonds is 3. The highest BCUT2D eigenvalue weighted by molar-refractivity contribution is 6.29. The zero-order valence-corrected chi connectivity index (χ0v) is 10.8. The first-order valence-corrected chi connectivity index (χ1v) is 5.60. The second-order valence-electron chi connectivity index (χ2n) is 3.89. The summed E-state index contributed by atoms with van der Waals surface area (Å²) in [6, 6.07) is 1.14. The highest BCUT2D eigenvalue weighted by Gasteiger charge is 2.15. The van der Waals surface area contributed by atoms with Crippen LogP contribution >= 0.6 is 11.6 Å².